The second kappa shape index (κ2) is 6.02. The Balaban J connectivity index is 2.06. The van der Waals surface area contributed by atoms with Gasteiger partial charge in [-0.05, 0) is 46.8 Å². The number of carbonyl (C=O) groups is 1. The van der Waals surface area contributed by atoms with Crippen LogP contribution in [0.3, 0.4) is 0 Å². The summed E-state index contributed by atoms with van der Waals surface area (Å²) in [5.74, 6) is 0.360. The van der Waals surface area contributed by atoms with Crippen LogP contribution in [0.5, 0.6) is 0 Å². The lowest BCUT2D eigenvalue weighted by molar-refractivity contribution is -0.147. The van der Waals surface area contributed by atoms with E-state index in [-0.39, 0.29) is 6.04 Å². The Morgan fingerprint density at radius 1 is 1.33 bits per heavy atom. The molecule has 0 aromatic carbocycles. The molecule has 1 heterocycles. The molecular weight excluding hydrogens is 226 g/mol. The van der Waals surface area contributed by atoms with Crippen LogP contribution in [0, 0.1) is 0 Å². The van der Waals surface area contributed by atoms with Gasteiger partial charge in [0.15, 0.2) is 0 Å². The number of rotatable bonds is 4. The zero-order valence-corrected chi connectivity index (χ0v) is 12.0. The van der Waals surface area contributed by atoms with Crippen LogP contribution in [0.2, 0.25) is 0 Å². The van der Waals surface area contributed by atoms with Gasteiger partial charge in [-0.2, -0.15) is 0 Å². The van der Waals surface area contributed by atoms with E-state index >= 15 is 0 Å². The highest BCUT2D eigenvalue weighted by molar-refractivity contribution is 5.83. The van der Waals surface area contributed by atoms with Crippen molar-refractivity contribution in [1.29, 1.82) is 0 Å². The molecule has 2 aliphatic rings. The molecule has 104 valence electrons. The topological polar surface area (TPSA) is 35.6 Å². The van der Waals surface area contributed by atoms with Crippen LogP contribution >= 0.6 is 0 Å². The zero-order chi connectivity index (χ0) is 13.1. The fourth-order valence-corrected chi connectivity index (χ4v) is 3.56. The van der Waals surface area contributed by atoms with Gasteiger partial charge in [0.05, 0.1) is 6.04 Å². The maximum Gasteiger partial charge on any atom is 0.240 e. The summed E-state index contributed by atoms with van der Waals surface area (Å²) in [6.07, 6.45) is 5.91. The highest BCUT2D eigenvalue weighted by Crippen LogP contribution is 2.29. The van der Waals surface area contributed by atoms with Crippen molar-refractivity contribution < 1.29 is 4.79 Å². The predicted octanol–water partition coefficient (Wildman–Crippen LogP) is 1.07. The lowest BCUT2D eigenvalue weighted by atomic mass is 10.0. The summed E-state index contributed by atoms with van der Waals surface area (Å²) in [4.78, 5) is 17.1. The number of hydrogen-bond donors (Lipinski definition) is 1. The van der Waals surface area contributed by atoms with E-state index < -0.39 is 0 Å². The van der Waals surface area contributed by atoms with Gasteiger partial charge < -0.3 is 10.2 Å². The molecule has 0 aromatic heterocycles. The number of hydrogen-bond acceptors (Lipinski definition) is 3. The van der Waals surface area contributed by atoms with Crippen LogP contribution in [0.1, 0.15) is 39.0 Å². The van der Waals surface area contributed by atoms with Crippen LogP contribution in [0.4, 0.5) is 0 Å². The third kappa shape index (κ3) is 2.69. The average molecular weight is 253 g/mol. The first-order valence-electron chi connectivity index (χ1n) is 7.32. The largest absolute Gasteiger partial charge is 0.334 e. The lowest BCUT2D eigenvalue weighted by Crippen LogP contribution is -2.62. The van der Waals surface area contributed by atoms with Crippen molar-refractivity contribution in [3.63, 3.8) is 0 Å². The molecule has 1 aliphatic heterocycles. The standard InChI is InChI=1S/C14H27N3O/c1-11-10-16(3)13(8-9-15-2)14(18)17(11)12-6-4-5-7-12/h11-13,15H,4-10H2,1-3H3. The molecule has 0 aromatic rings. The van der Waals surface area contributed by atoms with Gasteiger partial charge in [-0.25, -0.2) is 0 Å². The van der Waals surface area contributed by atoms with Crippen LogP contribution in [-0.2, 0) is 4.79 Å². The van der Waals surface area contributed by atoms with Gasteiger partial charge >= 0.3 is 0 Å². The number of amides is 1. The summed E-state index contributed by atoms with van der Waals surface area (Å²) in [5.41, 5.74) is 0. The molecule has 18 heavy (non-hydrogen) atoms. The molecule has 2 unspecified atom stereocenters. The summed E-state index contributed by atoms with van der Waals surface area (Å²) >= 11 is 0. The normalized spacial score (nSPS) is 31.3. The lowest BCUT2D eigenvalue weighted by Gasteiger charge is -2.46. The van der Waals surface area contributed by atoms with E-state index in [1.807, 2.05) is 7.05 Å². The van der Waals surface area contributed by atoms with Crippen molar-refractivity contribution in [2.75, 3.05) is 27.2 Å². The van der Waals surface area contributed by atoms with E-state index in [0.717, 1.165) is 19.5 Å². The molecule has 1 N–H and O–H groups in total. The maximum atomic E-state index is 12.7. The molecule has 4 nitrogen and oxygen atoms in total. The Morgan fingerprint density at radius 2 is 2.00 bits per heavy atom. The molecule has 1 aliphatic carbocycles. The minimum atomic E-state index is 0.0780. The van der Waals surface area contributed by atoms with Crippen LogP contribution in [0.25, 0.3) is 0 Å². The highest BCUT2D eigenvalue weighted by Gasteiger charge is 2.40. The Labute approximate surface area is 111 Å². The second-order valence-corrected chi connectivity index (χ2v) is 5.88. The van der Waals surface area contributed by atoms with Crippen molar-refractivity contribution in [2.24, 2.45) is 0 Å². The fourth-order valence-electron chi connectivity index (χ4n) is 3.56. The Bertz CT molecular complexity index is 289. The second-order valence-electron chi connectivity index (χ2n) is 5.88. The summed E-state index contributed by atoms with van der Waals surface area (Å²) in [6.45, 7) is 4.12. The minimum absolute atomic E-state index is 0.0780. The monoisotopic (exact) mass is 253 g/mol. The Hall–Kier alpha value is -0.610. The number of nitrogens with one attached hydrogen (secondary N) is 1. The van der Waals surface area contributed by atoms with E-state index in [1.165, 1.54) is 25.7 Å². The molecule has 0 radical (unpaired) electrons. The van der Waals surface area contributed by atoms with Crippen LogP contribution in [0.15, 0.2) is 0 Å². The molecule has 2 fully saturated rings. The molecule has 2 atom stereocenters. The third-order valence-electron chi connectivity index (χ3n) is 4.48. The minimum Gasteiger partial charge on any atom is -0.334 e. The molecule has 0 spiro atoms. The number of carbonyl (C=O) groups excluding carboxylic acids is 1. The molecule has 0 bridgehead atoms. The fraction of sp³-hybridized carbons (Fsp3) is 0.929. The van der Waals surface area contributed by atoms with Gasteiger partial charge in [-0.3, -0.25) is 9.69 Å². The van der Waals surface area contributed by atoms with E-state index in [4.69, 9.17) is 0 Å². The van der Waals surface area contributed by atoms with Gasteiger partial charge in [-0.15, -0.1) is 0 Å². The molecule has 1 saturated heterocycles. The van der Waals surface area contributed by atoms with Crippen molar-refractivity contribution >= 4 is 5.91 Å². The highest BCUT2D eigenvalue weighted by atomic mass is 16.2. The average Bonchev–Trinajstić information content (AvgIpc) is 2.82. The van der Waals surface area contributed by atoms with Gasteiger partial charge in [-0.1, -0.05) is 12.8 Å². The van der Waals surface area contributed by atoms with Gasteiger partial charge in [0.2, 0.25) is 5.91 Å². The quantitative estimate of drug-likeness (QED) is 0.814. The third-order valence-corrected chi connectivity index (χ3v) is 4.48. The maximum absolute atomic E-state index is 12.7. The first kappa shape index (κ1) is 13.8. The number of piperazine rings is 1. The van der Waals surface area contributed by atoms with E-state index in [0.29, 0.717) is 18.0 Å². The predicted molar refractivity (Wildman–Crippen MR) is 73.5 cm³/mol. The summed E-state index contributed by atoms with van der Waals surface area (Å²) < 4.78 is 0. The first-order valence-corrected chi connectivity index (χ1v) is 7.32. The molecule has 1 amide bonds. The smallest absolute Gasteiger partial charge is 0.240 e. The molecule has 2 rings (SSSR count). The SMILES string of the molecule is CNCCC1C(=O)N(C2CCCC2)C(C)CN1C. The van der Waals surface area contributed by atoms with E-state index in [1.54, 1.807) is 0 Å². The Kier molecular flexibility index (Phi) is 4.62. The number of likely N-dealkylation sites (N-methyl/N-ethyl adjacent to an activating group) is 1. The van der Waals surface area contributed by atoms with Crippen LogP contribution < -0.4 is 5.32 Å². The first-order chi connectivity index (χ1) is 8.65. The Morgan fingerprint density at radius 3 is 2.61 bits per heavy atom. The van der Waals surface area contributed by atoms with Gasteiger partial charge in [0.25, 0.3) is 0 Å². The van der Waals surface area contributed by atoms with Crippen molar-refractivity contribution in [3.05, 3.63) is 0 Å². The van der Waals surface area contributed by atoms with Crippen molar-refractivity contribution in [3.8, 4) is 0 Å². The molecule has 1 saturated carbocycles. The summed E-state index contributed by atoms with van der Waals surface area (Å²) in [5, 5.41) is 3.15. The van der Waals surface area contributed by atoms with Gasteiger partial charge in [0.1, 0.15) is 0 Å². The van der Waals surface area contributed by atoms with Crippen LogP contribution in [-0.4, -0.2) is 61.0 Å². The van der Waals surface area contributed by atoms with Gasteiger partial charge in [0, 0.05) is 18.6 Å². The summed E-state index contributed by atoms with van der Waals surface area (Å²) in [6, 6.07) is 0.962. The van der Waals surface area contributed by atoms with E-state index in [9.17, 15) is 4.79 Å². The molecular formula is C14H27N3O. The van der Waals surface area contributed by atoms with Crippen molar-refractivity contribution in [1.82, 2.24) is 15.1 Å². The van der Waals surface area contributed by atoms with Crippen molar-refractivity contribution in [2.45, 2.75) is 57.2 Å². The summed E-state index contributed by atoms with van der Waals surface area (Å²) in [7, 11) is 4.03. The number of nitrogens with zero attached hydrogens (tertiary/aromatic N) is 2. The molecule has 4 heteroatoms. The zero-order valence-electron chi connectivity index (χ0n) is 12.0. The van der Waals surface area contributed by atoms with E-state index in [2.05, 4.69) is 29.1 Å².